The molecule has 26 heavy (non-hydrogen) atoms. The van der Waals surface area contributed by atoms with Crippen LogP contribution in [-0.2, 0) is 9.59 Å². The molecule has 0 saturated heterocycles. The van der Waals surface area contributed by atoms with Gasteiger partial charge < -0.3 is 19.7 Å². The maximum Gasteiger partial charge on any atom is 0.223 e. The van der Waals surface area contributed by atoms with E-state index in [1.165, 1.54) is 13.3 Å². The van der Waals surface area contributed by atoms with E-state index in [0.717, 1.165) is 37.2 Å². The first-order valence-electron chi connectivity index (χ1n) is 9.40. The van der Waals surface area contributed by atoms with Gasteiger partial charge in [0.2, 0.25) is 11.8 Å². The van der Waals surface area contributed by atoms with Crippen molar-refractivity contribution in [1.82, 2.24) is 10.2 Å². The number of hydrogen-bond acceptors (Lipinski definition) is 4. The average Bonchev–Trinajstić information content (AvgIpc) is 2.67. The van der Waals surface area contributed by atoms with E-state index in [2.05, 4.69) is 5.32 Å². The van der Waals surface area contributed by atoms with E-state index in [9.17, 15) is 9.59 Å². The SMILES string of the molecule is COc1ccc(OCCN(CCNC(=O)C2CCCCC2)C(C)=O)cc1. The van der Waals surface area contributed by atoms with Crippen LogP contribution in [-0.4, -0.2) is 50.1 Å². The molecule has 0 radical (unpaired) electrons. The molecular formula is C20H30N2O4. The fourth-order valence-corrected chi connectivity index (χ4v) is 3.20. The van der Waals surface area contributed by atoms with Crippen LogP contribution in [0.25, 0.3) is 0 Å². The van der Waals surface area contributed by atoms with E-state index < -0.39 is 0 Å². The molecule has 0 heterocycles. The molecule has 6 nitrogen and oxygen atoms in total. The molecule has 1 aliphatic carbocycles. The summed E-state index contributed by atoms with van der Waals surface area (Å²) in [6.45, 7) is 3.41. The lowest BCUT2D eigenvalue weighted by atomic mass is 9.89. The Hall–Kier alpha value is -2.24. The summed E-state index contributed by atoms with van der Waals surface area (Å²) in [6, 6.07) is 7.33. The third kappa shape index (κ3) is 6.58. The second-order valence-electron chi connectivity index (χ2n) is 6.66. The van der Waals surface area contributed by atoms with E-state index in [1.54, 1.807) is 12.0 Å². The van der Waals surface area contributed by atoms with Crippen LogP contribution in [0.15, 0.2) is 24.3 Å². The Morgan fingerprint density at radius 3 is 2.35 bits per heavy atom. The van der Waals surface area contributed by atoms with Gasteiger partial charge in [-0.3, -0.25) is 9.59 Å². The zero-order chi connectivity index (χ0) is 18.8. The van der Waals surface area contributed by atoms with Crippen LogP contribution in [0, 0.1) is 5.92 Å². The minimum Gasteiger partial charge on any atom is -0.497 e. The van der Waals surface area contributed by atoms with E-state index in [0.29, 0.717) is 26.2 Å². The quantitative estimate of drug-likeness (QED) is 0.733. The minimum atomic E-state index is -0.0183. The average molecular weight is 362 g/mol. The summed E-state index contributed by atoms with van der Waals surface area (Å²) < 4.78 is 10.8. The molecule has 0 aromatic heterocycles. The number of amides is 2. The molecule has 1 aliphatic rings. The molecule has 1 saturated carbocycles. The molecule has 0 bridgehead atoms. The number of carbonyl (C=O) groups is 2. The van der Waals surface area contributed by atoms with Crippen LogP contribution in [0.5, 0.6) is 11.5 Å². The Morgan fingerprint density at radius 2 is 1.73 bits per heavy atom. The van der Waals surface area contributed by atoms with Gasteiger partial charge in [-0.2, -0.15) is 0 Å². The molecule has 0 atom stereocenters. The van der Waals surface area contributed by atoms with Gasteiger partial charge in [-0.25, -0.2) is 0 Å². The molecule has 0 unspecified atom stereocenters. The van der Waals surface area contributed by atoms with Gasteiger partial charge in [0.15, 0.2) is 0 Å². The van der Waals surface area contributed by atoms with Gasteiger partial charge in [0.25, 0.3) is 0 Å². The molecule has 2 rings (SSSR count). The van der Waals surface area contributed by atoms with Crippen LogP contribution < -0.4 is 14.8 Å². The largest absolute Gasteiger partial charge is 0.497 e. The van der Waals surface area contributed by atoms with E-state index in [1.807, 2.05) is 24.3 Å². The van der Waals surface area contributed by atoms with Gasteiger partial charge in [0.05, 0.1) is 13.7 Å². The van der Waals surface area contributed by atoms with Crippen LogP contribution in [0.4, 0.5) is 0 Å². The molecule has 1 fully saturated rings. The van der Waals surface area contributed by atoms with Crippen LogP contribution >= 0.6 is 0 Å². The summed E-state index contributed by atoms with van der Waals surface area (Å²) in [5, 5.41) is 2.97. The summed E-state index contributed by atoms with van der Waals surface area (Å²) in [7, 11) is 1.62. The number of ether oxygens (including phenoxy) is 2. The Morgan fingerprint density at radius 1 is 1.08 bits per heavy atom. The van der Waals surface area contributed by atoms with Gasteiger partial charge in [0, 0.05) is 25.9 Å². The lowest BCUT2D eigenvalue weighted by Gasteiger charge is -2.23. The standard InChI is InChI=1S/C20H30N2O4/c1-16(23)22(13-12-21-20(24)17-6-4-3-5-7-17)14-15-26-19-10-8-18(25-2)9-11-19/h8-11,17H,3-7,12-15H2,1-2H3,(H,21,24). The highest BCUT2D eigenvalue weighted by atomic mass is 16.5. The fraction of sp³-hybridized carbons (Fsp3) is 0.600. The number of benzene rings is 1. The summed E-state index contributed by atoms with van der Waals surface area (Å²) >= 11 is 0. The Kier molecular flexibility index (Phi) is 8.25. The fourth-order valence-electron chi connectivity index (χ4n) is 3.20. The molecule has 1 aromatic carbocycles. The first-order valence-corrected chi connectivity index (χ1v) is 9.40. The third-order valence-corrected chi connectivity index (χ3v) is 4.79. The van der Waals surface area contributed by atoms with Crippen molar-refractivity contribution in [3.8, 4) is 11.5 Å². The summed E-state index contributed by atoms with van der Waals surface area (Å²) in [5.41, 5.74) is 0. The molecule has 144 valence electrons. The molecule has 1 aromatic rings. The van der Waals surface area contributed by atoms with Gasteiger partial charge >= 0.3 is 0 Å². The Bertz CT molecular complexity index is 568. The normalized spacial score (nSPS) is 14.5. The van der Waals surface area contributed by atoms with E-state index >= 15 is 0 Å². The van der Waals surface area contributed by atoms with Crippen LogP contribution in [0.2, 0.25) is 0 Å². The maximum absolute atomic E-state index is 12.2. The predicted molar refractivity (Wildman–Crippen MR) is 100 cm³/mol. The number of carbonyl (C=O) groups excluding carboxylic acids is 2. The van der Waals surface area contributed by atoms with Crippen molar-refractivity contribution >= 4 is 11.8 Å². The third-order valence-electron chi connectivity index (χ3n) is 4.79. The van der Waals surface area contributed by atoms with Crippen LogP contribution in [0.3, 0.4) is 0 Å². The zero-order valence-corrected chi connectivity index (χ0v) is 15.8. The smallest absolute Gasteiger partial charge is 0.223 e. The van der Waals surface area contributed by atoms with Gasteiger partial charge in [0.1, 0.15) is 18.1 Å². The van der Waals surface area contributed by atoms with Gasteiger partial charge in [-0.1, -0.05) is 19.3 Å². The number of hydrogen-bond donors (Lipinski definition) is 1. The molecular weight excluding hydrogens is 332 g/mol. The second kappa shape index (κ2) is 10.7. The lowest BCUT2D eigenvalue weighted by molar-refractivity contribution is -0.130. The van der Waals surface area contributed by atoms with E-state index in [-0.39, 0.29) is 17.7 Å². The van der Waals surface area contributed by atoms with Crippen molar-refractivity contribution in [2.75, 3.05) is 33.4 Å². The second-order valence-corrected chi connectivity index (χ2v) is 6.66. The topological polar surface area (TPSA) is 67.9 Å². The van der Waals surface area contributed by atoms with Crippen molar-refractivity contribution in [3.05, 3.63) is 24.3 Å². The number of rotatable bonds is 9. The first-order chi connectivity index (χ1) is 12.6. The molecule has 0 aliphatic heterocycles. The summed E-state index contributed by atoms with van der Waals surface area (Å²) in [6.07, 6.45) is 5.48. The van der Waals surface area contributed by atoms with Crippen molar-refractivity contribution in [2.24, 2.45) is 5.92 Å². The minimum absolute atomic E-state index is 0.0183. The zero-order valence-electron chi connectivity index (χ0n) is 15.8. The van der Waals surface area contributed by atoms with Crippen LogP contribution in [0.1, 0.15) is 39.0 Å². The lowest BCUT2D eigenvalue weighted by Crippen LogP contribution is -2.41. The van der Waals surface area contributed by atoms with Crippen molar-refractivity contribution < 1.29 is 19.1 Å². The number of methoxy groups -OCH3 is 1. The molecule has 2 amide bonds. The molecule has 1 N–H and O–H groups in total. The van der Waals surface area contributed by atoms with Crippen molar-refractivity contribution in [2.45, 2.75) is 39.0 Å². The summed E-state index contributed by atoms with van der Waals surface area (Å²) in [5.74, 6) is 1.77. The maximum atomic E-state index is 12.2. The highest BCUT2D eigenvalue weighted by molar-refractivity contribution is 5.78. The number of nitrogens with one attached hydrogen (secondary N) is 1. The highest BCUT2D eigenvalue weighted by Gasteiger charge is 2.20. The van der Waals surface area contributed by atoms with Crippen molar-refractivity contribution in [1.29, 1.82) is 0 Å². The van der Waals surface area contributed by atoms with Crippen molar-refractivity contribution in [3.63, 3.8) is 0 Å². The molecule has 6 heteroatoms. The van der Waals surface area contributed by atoms with E-state index in [4.69, 9.17) is 9.47 Å². The highest BCUT2D eigenvalue weighted by Crippen LogP contribution is 2.23. The molecule has 0 spiro atoms. The Labute approximate surface area is 155 Å². The first kappa shape index (κ1) is 20.1. The van der Waals surface area contributed by atoms with Gasteiger partial charge in [-0.05, 0) is 37.1 Å². The monoisotopic (exact) mass is 362 g/mol. The van der Waals surface area contributed by atoms with Gasteiger partial charge in [-0.15, -0.1) is 0 Å². The Balaban J connectivity index is 1.68. The summed E-state index contributed by atoms with van der Waals surface area (Å²) in [4.78, 5) is 25.6. The predicted octanol–water partition coefficient (Wildman–Crippen LogP) is 2.62. The number of nitrogens with zero attached hydrogens (tertiary/aromatic N) is 1.